The number of carbonyl (C=O) groups is 2. The summed E-state index contributed by atoms with van der Waals surface area (Å²) in [6.07, 6.45) is 0. The molecule has 0 amide bonds. The van der Waals surface area contributed by atoms with Gasteiger partial charge in [0, 0.05) is 11.9 Å². The van der Waals surface area contributed by atoms with Crippen molar-refractivity contribution in [3.8, 4) is 0 Å². The van der Waals surface area contributed by atoms with Crippen molar-refractivity contribution in [1.29, 1.82) is 0 Å². The molecule has 0 N–H and O–H groups in total. The molecule has 0 heterocycles. The first-order chi connectivity index (χ1) is 6.46. The molecule has 1 aromatic rings. The summed E-state index contributed by atoms with van der Waals surface area (Å²) in [4.78, 5) is 17.8. The van der Waals surface area contributed by atoms with Crippen LogP contribution in [-0.4, -0.2) is 11.9 Å². The molecule has 78 valence electrons. The maximum Gasteiger partial charge on any atom is 2.00 e. The molecule has 0 unspecified atom stereocenters. The van der Waals surface area contributed by atoms with Crippen molar-refractivity contribution in [3.05, 3.63) is 36.4 Å². The van der Waals surface area contributed by atoms with Crippen LogP contribution in [0.3, 0.4) is 0 Å². The van der Waals surface area contributed by atoms with Gasteiger partial charge in [-0.2, -0.15) is 0 Å². The Bertz CT molecular complexity index is 202. The number of rotatable bonds is 0. The van der Waals surface area contributed by atoms with E-state index in [9.17, 15) is 0 Å². The zero-order chi connectivity index (χ0) is 11.4. The molecule has 4 nitrogen and oxygen atoms in total. The number of aliphatic carboxylic acids is 2. The Morgan fingerprint density at radius 3 is 0.867 bits per heavy atom. The minimum atomic E-state index is -1.08. The van der Waals surface area contributed by atoms with E-state index in [-0.39, 0.29) is 19.5 Å². The molecule has 0 aliphatic rings. The van der Waals surface area contributed by atoms with E-state index in [1.54, 1.807) is 0 Å². The van der Waals surface area contributed by atoms with Crippen LogP contribution in [0.2, 0.25) is 0 Å². The average Bonchev–Trinajstić information content (AvgIpc) is 2.05. The van der Waals surface area contributed by atoms with Crippen LogP contribution in [0.25, 0.3) is 0 Å². The van der Waals surface area contributed by atoms with Crippen LogP contribution in [0.15, 0.2) is 36.4 Å². The quantitative estimate of drug-likeness (QED) is 0.573. The molecular formula is C10H12O4Zn. The van der Waals surface area contributed by atoms with Gasteiger partial charge in [-0.25, -0.2) is 0 Å². The minimum absolute atomic E-state index is 0. The largest absolute Gasteiger partial charge is 2.00 e. The van der Waals surface area contributed by atoms with Gasteiger partial charge >= 0.3 is 19.5 Å². The van der Waals surface area contributed by atoms with Crippen LogP contribution < -0.4 is 10.2 Å². The number of carbonyl (C=O) groups excluding carboxylic acids is 2. The second-order valence-corrected chi connectivity index (χ2v) is 2.14. The van der Waals surface area contributed by atoms with E-state index >= 15 is 0 Å². The molecule has 0 radical (unpaired) electrons. The summed E-state index contributed by atoms with van der Waals surface area (Å²) in [6, 6.07) is 12.0. The number of benzene rings is 1. The fourth-order valence-electron chi connectivity index (χ4n) is 0.385. The van der Waals surface area contributed by atoms with Crippen LogP contribution in [-0.2, 0) is 29.1 Å². The van der Waals surface area contributed by atoms with Crippen molar-refractivity contribution in [2.45, 2.75) is 13.8 Å². The third kappa shape index (κ3) is 65.0. The van der Waals surface area contributed by atoms with Gasteiger partial charge in [-0.3, -0.25) is 0 Å². The Labute approximate surface area is 102 Å². The summed E-state index contributed by atoms with van der Waals surface area (Å²) in [6.45, 7) is 1.94. The van der Waals surface area contributed by atoms with Crippen molar-refractivity contribution < 1.29 is 39.3 Å². The Kier molecular flexibility index (Phi) is 19.7. The van der Waals surface area contributed by atoms with Gasteiger partial charge in [0.2, 0.25) is 0 Å². The monoisotopic (exact) mass is 260 g/mol. The zero-order valence-electron chi connectivity index (χ0n) is 8.80. The van der Waals surface area contributed by atoms with Crippen molar-refractivity contribution in [3.63, 3.8) is 0 Å². The molecule has 15 heavy (non-hydrogen) atoms. The maximum atomic E-state index is 8.89. The summed E-state index contributed by atoms with van der Waals surface area (Å²) in [5, 5.41) is 17.8. The predicted molar refractivity (Wildman–Crippen MR) is 47.8 cm³/mol. The van der Waals surface area contributed by atoms with E-state index in [1.807, 2.05) is 36.4 Å². The molecule has 0 atom stereocenters. The summed E-state index contributed by atoms with van der Waals surface area (Å²) < 4.78 is 0. The van der Waals surface area contributed by atoms with Gasteiger partial charge in [0.1, 0.15) is 0 Å². The topological polar surface area (TPSA) is 80.3 Å². The van der Waals surface area contributed by atoms with Crippen molar-refractivity contribution in [1.82, 2.24) is 0 Å². The number of carboxylic acids is 2. The van der Waals surface area contributed by atoms with Crippen LogP contribution in [0, 0.1) is 0 Å². The fraction of sp³-hybridized carbons (Fsp3) is 0.200. The Balaban J connectivity index is -0.000000145. The molecule has 0 fully saturated rings. The van der Waals surface area contributed by atoms with Crippen molar-refractivity contribution >= 4 is 11.9 Å². The number of carboxylic acid groups (broad SMARTS) is 2. The number of hydrogen-bond donors (Lipinski definition) is 0. The normalized spacial score (nSPS) is 6.53. The smallest absolute Gasteiger partial charge is 0.550 e. The minimum Gasteiger partial charge on any atom is -0.550 e. The van der Waals surface area contributed by atoms with E-state index < -0.39 is 11.9 Å². The molecule has 0 aromatic heterocycles. The fourth-order valence-corrected chi connectivity index (χ4v) is 0.385. The van der Waals surface area contributed by atoms with Gasteiger partial charge in [0.15, 0.2) is 0 Å². The molecule has 0 aliphatic carbocycles. The molecule has 1 aromatic carbocycles. The molecular weight excluding hydrogens is 249 g/mol. The van der Waals surface area contributed by atoms with E-state index in [1.165, 1.54) is 0 Å². The van der Waals surface area contributed by atoms with E-state index in [0.717, 1.165) is 13.8 Å². The standard InChI is InChI=1S/C6H6.2C2H4O2.Zn/c1-2-4-6-5-3-1;2*1-2(3)4;/h1-6H;2*1H3,(H,3,4);/q;;;+2/p-2. The zero-order valence-corrected chi connectivity index (χ0v) is 11.8. The summed E-state index contributed by atoms with van der Waals surface area (Å²) in [5.41, 5.74) is 0. The summed E-state index contributed by atoms with van der Waals surface area (Å²) in [7, 11) is 0. The Morgan fingerprint density at radius 2 is 0.800 bits per heavy atom. The molecule has 5 heteroatoms. The number of hydrogen-bond acceptors (Lipinski definition) is 4. The van der Waals surface area contributed by atoms with Gasteiger partial charge < -0.3 is 19.8 Å². The van der Waals surface area contributed by atoms with Crippen LogP contribution in [0.1, 0.15) is 13.8 Å². The van der Waals surface area contributed by atoms with Gasteiger partial charge in [-0.1, -0.05) is 36.4 Å². The molecule has 0 aliphatic heterocycles. The van der Waals surface area contributed by atoms with Gasteiger partial charge in [-0.05, 0) is 13.8 Å². The SMILES string of the molecule is CC(=O)[O-].CC(=O)[O-].[Zn+2].c1ccccc1. The van der Waals surface area contributed by atoms with Gasteiger partial charge in [0.25, 0.3) is 0 Å². The third-order valence-electron chi connectivity index (χ3n) is 0.667. The van der Waals surface area contributed by atoms with Crippen molar-refractivity contribution in [2.24, 2.45) is 0 Å². The first-order valence-corrected chi connectivity index (χ1v) is 3.82. The summed E-state index contributed by atoms with van der Waals surface area (Å²) >= 11 is 0. The van der Waals surface area contributed by atoms with E-state index in [0.29, 0.717) is 0 Å². The first-order valence-electron chi connectivity index (χ1n) is 3.82. The first kappa shape index (κ1) is 19.4. The maximum absolute atomic E-state index is 8.89. The molecule has 0 spiro atoms. The van der Waals surface area contributed by atoms with E-state index in [4.69, 9.17) is 19.8 Å². The molecule has 1 rings (SSSR count). The third-order valence-corrected chi connectivity index (χ3v) is 0.667. The van der Waals surface area contributed by atoms with Crippen LogP contribution >= 0.6 is 0 Å². The van der Waals surface area contributed by atoms with Gasteiger partial charge in [-0.15, -0.1) is 0 Å². The average molecular weight is 262 g/mol. The molecule has 0 saturated heterocycles. The summed E-state index contributed by atoms with van der Waals surface area (Å²) in [5.74, 6) is -2.17. The molecule has 0 saturated carbocycles. The van der Waals surface area contributed by atoms with Crippen LogP contribution in [0.4, 0.5) is 0 Å². The van der Waals surface area contributed by atoms with Crippen molar-refractivity contribution in [2.75, 3.05) is 0 Å². The second kappa shape index (κ2) is 15.3. The van der Waals surface area contributed by atoms with Crippen LogP contribution in [0.5, 0.6) is 0 Å². The Morgan fingerprint density at radius 1 is 0.733 bits per heavy atom. The second-order valence-electron chi connectivity index (χ2n) is 2.14. The van der Waals surface area contributed by atoms with E-state index in [2.05, 4.69) is 0 Å². The Hall–Kier alpha value is -1.22. The van der Waals surface area contributed by atoms with Gasteiger partial charge in [0.05, 0.1) is 0 Å². The molecule has 0 bridgehead atoms. The predicted octanol–water partition coefficient (Wildman–Crippen LogP) is -0.803.